The van der Waals surface area contributed by atoms with Gasteiger partial charge in [0.05, 0.1) is 0 Å². The number of hydrogen-bond donors (Lipinski definition) is 0. The number of benzene rings is 1. The van der Waals surface area contributed by atoms with Crippen molar-refractivity contribution in [2.75, 3.05) is 6.54 Å². The summed E-state index contributed by atoms with van der Waals surface area (Å²) in [6.07, 6.45) is 1.14. The molecular weight excluding hydrogens is 230 g/mol. The Morgan fingerprint density at radius 3 is 2.88 bits per heavy atom. The molecule has 1 spiro atoms. The van der Waals surface area contributed by atoms with Crippen LogP contribution < -0.4 is 0 Å². The standard InChI is InChI=1S/C14H15NOS/c1-13(2)11-7-8-15-12(16)9-5-3-4-6-10(9)14(13,15)17-11/h3-6,11H,7-8H2,1-2H3/t11-,14-/m0/s1. The number of carbonyl (C=O) groups is 1. The van der Waals surface area contributed by atoms with Crippen LogP contribution in [0.4, 0.5) is 0 Å². The first-order chi connectivity index (χ1) is 8.09. The van der Waals surface area contributed by atoms with Crippen LogP contribution in [0.1, 0.15) is 36.2 Å². The van der Waals surface area contributed by atoms with Gasteiger partial charge in [-0.2, -0.15) is 0 Å². The third-order valence-corrected chi connectivity index (χ3v) is 7.17. The largest absolute Gasteiger partial charge is 0.319 e. The molecule has 1 amide bonds. The summed E-state index contributed by atoms with van der Waals surface area (Å²) in [6, 6.07) is 8.15. The van der Waals surface area contributed by atoms with Crippen molar-refractivity contribution >= 4 is 17.7 Å². The van der Waals surface area contributed by atoms with Crippen molar-refractivity contribution in [2.24, 2.45) is 5.41 Å². The van der Waals surface area contributed by atoms with Crippen LogP contribution in [0.25, 0.3) is 0 Å². The molecule has 0 aromatic heterocycles. The maximum atomic E-state index is 12.5. The van der Waals surface area contributed by atoms with Gasteiger partial charge in [-0.05, 0) is 12.5 Å². The monoisotopic (exact) mass is 245 g/mol. The molecule has 1 aromatic carbocycles. The van der Waals surface area contributed by atoms with E-state index in [4.69, 9.17) is 0 Å². The van der Waals surface area contributed by atoms with Crippen LogP contribution in [0, 0.1) is 5.41 Å². The fourth-order valence-electron chi connectivity index (χ4n) is 3.81. The summed E-state index contributed by atoms with van der Waals surface area (Å²) in [7, 11) is 0. The third kappa shape index (κ3) is 0.844. The summed E-state index contributed by atoms with van der Waals surface area (Å²) in [5.41, 5.74) is 2.38. The molecule has 88 valence electrons. The van der Waals surface area contributed by atoms with E-state index < -0.39 is 0 Å². The lowest BCUT2D eigenvalue weighted by Gasteiger charge is -2.66. The lowest BCUT2D eigenvalue weighted by molar-refractivity contribution is 0.00434. The van der Waals surface area contributed by atoms with Crippen molar-refractivity contribution in [1.29, 1.82) is 0 Å². The highest BCUT2D eigenvalue weighted by Gasteiger charge is 2.71. The van der Waals surface area contributed by atoms with E-state index in [1.165, 1.54) is 5.56 Å². The van der Waals surface area contributed by atoms with Gasteiger partial charge < -0.3 is 4.90 Å². The van der Waals surface area contributed by atoms with Gasteiger partial charge in [-0.1, -0.05) is 32.0 Å². The van der Waals surface area contributed by atoms with Gasteiger partial charge in [-0.3, -0.25) is 4.79 Å². The second-order valence-corrected chi connectivity index (χ2v) is 7.16. The molecule has 0 saturated carbocycles. The molecule has 0 N–H and O–H groups in total. The van der Waals surface area contributed by atoms with Crippen molar-refractivity contribution in [1.82, 2.24) is 4.90 Å². The maximum absolute atomic E-state index is 12.5. The molecule has 17 heavy (non-hydrogen) atoms. The molecule has 3 saturated heterocycles. The van der Waals surface area contributed by atoms with Gasteiger partial charge in [0.15, 0.2) is 0 Å². The number of nitrogens with zero attached hydrogens (tertiary/aromatic N) is 1. The topological polar surface area (TPSA) is 20.3 Å². The molecule has 4 heterocycles. The summed E-state index contributed by atoms with van der Waals surface area (Å²) < 4.78 is 0. The predicted octanol–water partition coefficient (Wildman–Crippen LogP) is 2.84. The fourth-order valence-corrected chi connectivity index (χ4v) is 5.78. The van der Waals surface area contributed by atoms with Gasteiger partial charge in [-0.25, -0.2) is 0 Å². The van der Waals surface area contributed by atoms with Crippen LogP contribution in [0.2, 0.25) is 0 Å². The Labute approximate surface area is 105 Å². The van der Waals surface area contributed by atoms with E-state index in [2.05, 4.69) is 30.9 Å². The van der Waals surface area contributed by atoms with E-state index in [0.29, 0.717) is 5.25 Å². The highest BCUT2D eigenvalue weighted by molar-refractivity contribution is 8.02. The minimum atomic E-state index is -0.0659. The molecular formula is C14H15NOS. The summed E-state index contributed by atoms with van der Waals surface area (Å²) in [4.78, 5) is 14.5. The number of carbonyl (C=O) groups excluding carboxylic acids is 1. The first-order valence-corrected chi connectivity index (χ1v) is 7.06. The van der Waals surface area contributed by atoms with E-state index in [1.807, 2.05) is 23.9 Å². The summed E-state index contributed by atoms with van der Waals surface area (Å²) in [6.45, 7) is 5.56. The summed E-state index contributed by atoms with van der Waals surface area (Å²) in [5, 5.41) is 0.706. The quantitative estimate of drug-likeness (QED) is 0.700. The molecule has 2 nitrogen and oxygen atoms in total. The Balaban J connectivity index is 2.01. The highest BCUT2D eigenvalue weighted by atomic mass is 32.2. The maximum Gasteiger partial charge on any atom is 0.255 e. The van der Waals surface area contributed by atoms with Gasteiger partial charge in [0, 0.05) is 28.3 Å². The van der Waals surface area contributed by atoms with Gasteiger partial charge >= 0.3 is 0 Å². The van der Waals surface area contributed by atoms with Crippen molar-refractivity contribution in [3.05, 3.63) is 35.4 Å². The smallest absolute Gasteiger partial charge is 0.255 e. The first-order valence-electron chi connectivity index (χ1n) is 6.18. The molecule has 3 heteroatoms. The number of thioether (sulfide) groups is 1. The van der Waals surface area contributed by atoms with Gasteiger partial charge in [0.25, 0.3) is 5.91 Å². The average Bonchev–Trinajstić information content (AvgIpc) is 2.63. The minimum absolute atomic E-state index is 0.0659. The van der Waals surface area contributed by atoms with E-state index >= 15 is 0 Å². The van der Waals surface area contributed by atoms with Crippen LogP contribution in [-0.2, 0) is 4.87 Å². The van der Waals surface area contributed by atoms with E-state index in [1.54, 1.807) is 0 Å². The molecule has 0 aliphatic carbocycles. The Kier molecular flexibility index (Phi) is 1.60. The van der Waals surface area contributed by atoms with Crippen molar-refractivity contribution in [3.8, 4) is 0 Å². The predicted molar refractivity (Wildman–Crippen MR) is 68.9 cm³/mol. The Bertz CT molecular complexity index is 539. The third-order valence-electron chi connectivity index (χ3n) is 4.75. The Morgan fingerprint density at radius 1 is 1.35 bits per heavy atom. The van der Waals surface area contributed by atoms with Crippen LogP contribution >= 0.6 is 11.8 Å². The van der Waals surface area contributed by atoms with Crippen LogP contribution in [0.15, 0.2) is 24.3 Å². The lowest BCUT2D eigenvalue weighted by atomic mass is 9.72. The van der Waals surface area contributed by atoms with Crippen LogP contribution in [-0.4, -0.2) is 22.6 Å². The van der Waals surface area contributed by atoms with Gasteiger partial charge in [0.1, 0.15) is 4.87 Å². The molecule has 0 unspecified atom stereocenters. The molecule has 1 aromatic rings. The van der Waals surface area contributed by atoms with Crippen LogP contribution in [0.3, 0.4) is 0 Å². The number of amides is 1. The van der Waals surface area contributed by atoms with Crippen molar-refractivity contribution < 1.29 is 4.79 Å². The lowest BCUT2D eigenvalue weighted by Crippen LogP contribution is -2.68. The zero-order valence-electron chi connectivity index (χ0n) is 10.1. The first kappa shape index (κ1) is 10.0. The number of fused-ring (bicyclic) bond motifs is 2. The normalized spacial score (nSPS) is 36.2. The molecule has 0 radical (unpaired) electrons. The van der Waals surface area contributed by atoms with Gasteiger partial charge in [-0.15, -0.1) is 11.8 Å². The molecule has 4 aliphatic rings. The number of rotatable bonds is 0. The zero-order chi connectivity index (χ0) is 11.8. The zero-order valence-corrected chi connectivity index (χ0v) is 10.9. The molecule has 2 atom stereocenters. The highest BCUT2D eigenvalue weighted by Crippen LogP contribution is 2.73. The Morgan fingerprint density at radius 2 is 2.12 bits per heavy atom. The second-order valence-electron chi connectivity index (χ2n) is 5.76. The molecule has 5 rings (SSSR count). The van der Waals surface area contributed by atoms with Crippen molar-refractivity contribution in [2.45, 2.75) is 30.4 Å². The van der Waals surface area contributed by atoms with E-state index in [0.717, 1.165) is 18.5 Å². The number of hydrogen-bond acceptors (Lipinski definition) is 2. The van der Waals surface area contributed by atoms with E-state index in [9.17, 15) is 4.79 Å². The SMILES string of the molecule is CC1(C)[C@@H]2CCN3C(=O)c4ccccc4[C@@]31S2. The Hall–Kier alpha value is -0.960. The van der Waals surface area contributed by atoms with Crippen molar-refractivity contribution in [3.63, 3.8) is 0 Å². The second kappa shape index (κ2) is 2.72. The molecule has 2 bridgehead atoms. The molecule has 4 aliphatic heterocycles. The fraction of sp³-hybridized carbons (Fsp3) is 0.500. The number of piperidine rings is 1. The average molecular weight is 245 g/mol. The van der Waals surface area contributed by atoms with Gasteiger partial charge in [0.2, 0.25) is 0 Å². The molecule has 3 fully saturated rings. The summed E-state index contributed by atoms with van der Waals surface area (Å²) >= 11 is 1.99. The minimum Gasteiger partial charge on any atom is -0.319 e. The summed E-state index contributed by atoms with van der Waals surface area (Å²) in [5.74, 6) is 0.235. The van der Waals surface area contributed by atoms with E-state index in [-0.39, 0.29) is 16.2 Å². The van der Waals surface area contributed by atoms with Crippen LogP contribution in [0.5, 0.6) is 0 Å².